The van der Waals surface area contributed by atoms with Crippen molar-refractivity contribution in [3.05, 3.63) is 70.5 Å². The monoisotopic (exact) mass is 396 g/mol. The number of hydrogen-bond acceptors (Lipinski definition) is 5. The van der Waals surface area contributed by atoms with Gasteiger partial charge in [0.15, 0.2) is 6.23 Å². The highest BCUT2D eigenvalue weighted by atomic mass is 19.1. The van der Waals surface area contributed by atoms with E-state index in [1.165, 1.54) is 6.07 Å². The third kappa shape index (κ3) is 4.02. The molecule has 0 saturated carbocycles. The Balaban J connectivity index is 1.50. The van der Waals surface area contributed by atoms with Crippen molar-refractivity contribution < 1.29 is 14.3 Å². The highest BCUT2D eigenvalue weighted by Crippen LogP contribution is 2.24. The van der Waals surface area contributed by atoms with Gasteiger partial charge in [-0.15, -0.1) is 0 Å². The number of likely N-dealkylation sites (tertiary alicyclic amines) is 1. The van der Waals surface area contributed by atoms with Crippen molar-refractivity contribution >= 4 is 11.6 Å². The summed E-state index contributed by atoms with van der Waals surface area (Å²) in [6.07, 6.45) is -0.423. The normalized spacial score (nSPS) is 18.7. The summed E-state index contributed by atoms with van der Waals surface area (Å²) in [5.41, 5.74) is 5.91. The van der Waals surface area contributed by atoms with Crippen LogP contribution in [0.4, 0.5) is 4.39 Å². The van der Waals surface area contributed by atoms with Gasteiger partial charge in [-0.1, -0.05) is 44.2 Å². The lowest BCUT2D eigenvalue weighted by molar-refractivity contribution is 0.0552. The molecule has 0 spiro atoms. The number of amides is 1. The highest BCUT2D eigenvalue weighted by molar-refractivity contribution is 6.04. The Kier molecular flexibility index (Phi) is 5.34. The number of carbonyl (C=O) groups excluding carboxylic acids is 1. The smallest absolute Gasteiger partial charge is 0.256 e. The van der Waals surface area contributed by atoms with Crippen LogP contribution in [0.3, 0.4) is 0 Å². The molecule has 29 heavy (non-hydrogen) atoms. The topological polar surface area (TPSA) is 77.0 Å². The van der Waals surface area contributed by atoms with E-state index in [9.17, 15) is 14.3 Å². The van der Waals surface area contributed by atoms with Gasteiger partial charge in [-0.25, -0.2) is 4.39 Å². The molecule has 3 N–H and O–H groups in total. The minimum absolute atomic E-state index is 0.0863. The second-order valence-electron chi connectivity index (χ2n) is 7.90. The van der Waals surface area contributed by atoms with Gasteiger partial charge in [0.2, 0.25) is 0 Å². The summed E-state index contributed by atoms with van der Waals surface area (Å²) in [4.78, 5) is 14.4. The second-order valence-corrected chi connectivity index (χ2v) is 7.90. The van der Waals surface area contributed by atoms with Crippen LogP contribution in [0, 0.1) is 5.82 Å². The van der Waals surface area contributed by atoms with Gasteiger partial charge in [-0.2, -0.15) is 5.10 Å². The third-order valence-electron chi connectivity index (χ3n) is 5.26. The molecule has 0 aliphatic carbocycles. The van der Waals surface area contributed by atoms with Gasteiger partial charge in [0.25, 0.3) is 5.91 Å². The largest absolute Gasteiger partial charge is 0.368 e. The van der Waals surface area contributed by atoms with Crippen LogP contribution in [0.25, 0.3) is 0 Å². The molecule has 2 aromatic carbocycles. The minimum atomic E-state index is -0.848. The van der Waals surface area contributed by atoms with Crippen molar-refractivity contribution in [2.24, 2.45) is 5.10 Å². The van der Waals surface area contributed by atoms with Crippen molar-refractivity contribution in [2.45, 2.75) is 38.6 Å². The van der Waals surface area contributed by atoms with E-state index < -0.39 is 12.0 Å². The molecule has 0 radical (unpaired) electrons. The van der Waals surface area contributed by atoms with E-state index in [2.05, 4.69) is 29.7 Å². The van der Waals surface area contributed by atoms with Crippen molar-refractivity contribution in [3.8, 4) is 0 Å². The summed E-state index contributed by atoms with van der Waals surface area (Å²) in [7, 11) is 0. The van der Waals surface area contributed by atoms with E-state index in [4.69, 9.17) is 0 Å². The lowest BCUT2D eigenvalue weighted by Gasteiger charge is -2.40. The van der Waals surface area contributed by atoms with Gasteiger partial charge in [-0.05, 0) is 17.7 Å². The Bertz CT molecular complexity index is 954. The van der Waals surface area contributed by atoms with Crippen LogP contribution < -0.4 is 10.7 Å². The number of nitrogens with one attached hydrogen (secondary N) is 2. The van der Waals surface area contributed by atoms with E-state index in [0.29, 0.717) is 25.6 Å². The van der Waals surface area contributed by atoms with E-state index in [1.807, 2.05) is 24.3 Å². The zero-order valence-electron chi connectivity index (χ0n) is 16.5. The molecule has 6 nitrogen and oxygen atoms in total. The first-order valence-corrected chi connectivity index (χ1v) is 9.85. The number of nitrogens with zero attached hydrogens (tertiary/aromatic N) is 2. The summed E-state index contributed by atoms with van der Waals surface area (Å²) < 4.78 is 14.4. The molecule has 152 valence electrons. The predicted molar refractivity (Wildman–Crippen MR) is 109 cm³/mol. The summed E-state index contributed by atoms with van der Waals surface area (Å²) in [5, 5.41) is 17.7. The molecule has 2 aromatic rings. The first kappa shape index (κ1) is 19.5. The number of halogens is 1. The zero-order chi connectivity index (χ0) is 20.5. The van der Waals surface area contributed by atoms with Crippen molar-refractivity contribution in [1.29, 1.82) is 0 Å². The van der Waals surface area contributed by atoms with Gasteiger partial charge in [0, 0.05) is 42.7 Å². The standard InChI is InChI=1S/C22H25FN4O2/c1-13(2)24-15-11-27(12-15)22(29)18-9-14(7-8-19(18)23)10-20-16-5-3-4-6-17(16)21(28)26-25-20/h3-9,13,15,21,24,26,28H,10-12H2,1-2H3. The molecule has 2 aliphatic heterocycles. The fraction of sp³-hybridized carbons (Fsp3) is 0.364. The molecule has 0 aromatic heterocycles. The Morgan fingerprint density at radius 2 is 2.07 bits per heavy atom. The maximum absolute atomic E-state index is 14.4. The number of fused-ring (bicyclic) bond motifs is 1. The van der Waals surface area contributed by atoms with Gasteiger partial charge in [0.05, 0.1) is 11.3 Å². The molecular weight excluding hydrogens is 371 g/mol. The zero-order valence-corrected chi connectivity index (χ0v) is 16.5. The average Bonchev–Trinajstić information content (AvgIpc) is 2.67. The fourth-order valence-electron chi connectivity index (χ4n) is 3.83. The van der Waals surface area contributed by atoms with Crippen molar-refractivity contribution in [2.75, 3.05) is 13.1 Å². The van der Waals surface area contributed by atoms with E-state index in [-0.39, 0.29) is 17.5 Å². The molecule has 2 aliphatic rings. The molecule has 1 saturated heterocycles. The van der Waals surface area contributed by atoms with E-state index in [1.54, 1.807) is 17.0 Å². The molecule has 1 unspecified atom stereocenters. The number of rotatable bonds is 5. The van der Waals surface area contributed by atoms with Gasteiger partial charge < -0.3 is 15.3 Å². The number of aliphatic hydroxyl groups is 1. The Labute approximate surface area is 169 Å². The van der Waals surface area contributed by atoms with Gasteiger partial charge in [0.1, 0.15) is 5.82 Å². The van der Waals surface area contributed by atoms with Crippen LogP contribution in [0.2, 0.25) is 0 Å². The van der Waals surface area contributed by atoms with Crippen LogP contribution in [0.1, 0.15) is 47.1 Å². The summed E-state index contributed by atoms with van der Waals surface area (Å²) >= 11 is 0. The molecular formula is C22H25FN4O2. The summed E-state index contributed by atoms with van der Waals surface area (Å²) in [5.74, 6) is -0.802. The SMILES string of the molecule is CC(C)NC1CN(C(=O)c2cc(CC3=NNC(O)c4ccccc43)ccc2F)C1. The van der Waals surface area contributed by atoms with Crippen molar-refractivity contribution in [3.63, 3.8) is 0 Å². The fourth-order valence-corrected chi connectivity index (χ4v) is 3.83. The predicted octanol–water partition coefficient (Wildman–Crippen LogP) is 2.19. The van der Waals surface area contributed by atoms with Gasteiger partial charge >= 0.3 is 0 Å². The maximum atomic E-state index is 14.4. The molecule has 0 bridgehead atoms. The maximum Gasteiger partial charge on any atom is 0.256 e. The Morgan fingerprint density at radius 3 is 2.83 bits per heavy atom. The number of carbonyl (C=O) groups is 1. The summed E-state index contributed by atoms with van der Waals surface area (Å²) in [6, 6.07) is 12.7. The first-order chi connectivity index (χ1) is 13.9. The molecule has 1 amide bonds. The van der Waals surface area contributed by atoms with Crippen LogP contribution >= 0.6 is 0 Å². The third-order valence-corrected chi connectivity index (χ3v) is 5.26. The average molecular weight is 396 g/mol. The molecule has 1 atom stereocenters. The number of benzene rings is 2. The quantitative estimate of drug-likeness (QED) is 0.724. The second kappa shape index (κ2) is 7.93. The first-order valence-electron chi connectivity index (χ1n) is 9.85. The number of hydrogen-bond donors (Lipinski definition) is 3. The van der Waals surface area contributed by atoms with Crippen LogP contribution in [0.15, 0.2) is 47.6 Å². The minimum Gasteiger partial charge on any atom is -0.368 e. The van der Waals surface area contributed by atoms with Gasteiger partial charge in [-0.3, -0.25) is 10.2 Å². The lowest BCUT2D eigenvalue weighted by atomic mass is 9.95. The van der Waals surface area contributed by atoms with Crippen molar-refractivity contribution in [1.82, 2.24) is 15.6 Å². The van der Waals surface area contributed by atoms with E-state index in [0.717, 1.165) is 22.4 Å². The van der Waals surface area contributed by atoms with Crippen LogP contribution in [0.5, 0.6) is 0 Å². The van der Waals surface area contributed by atoms with Crippen LogP contribution in [-0.4, -0.2) is 46.8 Å². The Hall–Kier alpha value is -2.77. The van der Waals surface area contributed by atoms with E-state index >= 15 is 0 Å². The van der Waals surface area contributed by atoms with Crippen LogP contribution in [-0.2, 0) is 6.42 Å². The summed E-state index contributed by atoms with van der Waals surface area (Å²) in [6.45, 7) is 5.30. The lowest BCUT2D eigenvalue weighted by Crippen LogP contribution is -2.61. The molecule has 1 fully saturated rings. The molecule has 2 heterocycles. The highest BCUT2D eigenvalue weighted by Gasteiger charge is 2.32. The Morgan fingerprint density at radius 1 is 1.31 bits per heavy atom. The molecule has 7 heteroatoms. The number of aliphatic hydroxyl groups excluding tert-OH is 1. The number of hydrazone groups is 1. The molecule has 4 rings (SSSR count).